The lowest BCUT2D eigenvalue weighted by Crippen LogP contribution is -2.35. The monoisotopic (exact) mass is 210 g/mol. The van der Waals surface area contributed by atoms with Gasteiger partial charge >= 0.3 is 0 Å². The van der Waals surface area contributed by atoms with E-state index in [1.165, 1.54) is 0 Å². The lowest BCUT2D eigenvalue weighted by Gasteiger charge is -2.18. The van der Waals surface area contributed by atoms with Crippen LogP contribution in [0, 0.1) is 16.7 Å². The second kappa shape index (κ2) is 5.48. The van der Waals surface area contributed by atoms with Crippen molar-refractivity contribution in [2.24, 2.45) is 5.41 Å². The Balaban J connectivity index is 2.09. The summed E-state index contributed by atoms with van der Waals surface area (Å²) in [5.41, 5.74) is -0.181. The molecule has 0 saturated carbocycles. The van der Waals surface area contributed by atoms with E-state index >= 15 is 0 Å². The van der Waals surface area contributed by atoms with Crippen molar-refractivity contribution in [3.63, 3.8) is 0 Å². The predicted molar refractivity (Wildman–Crippen MR) is 60.4 cm³/mol. The zero-order valence-electron chi connectivity index (χ0n) is 10.0. The molecule has 1 rings (SSSR count). The van der Waals surface area contributed by atoms with Crippen molar-refractivity contribution in [2.75, 3.05) is 13.2 Å². The largest absolute Gasteiger partial charge is 0.377 e. The summed E-state index contributed by atoms with van der Waals surface area (Å²) in [6.07, 6.45) is 3.47. The highest BCUT2D eigenvalue weighted by atomic mass is 16.5. The quantitative estimate of drug-likeness (QED) is 0.707. The Morgan fingerprint density at radius 3 is 2.80 bits per heavy atom. The zero-order chi connectivity index (χ0) is 11.3. The van der Waals surface area contributed by atoms with Crippen LogP contribution in [0.15, 0.2) is 0 Å². The number of hydrogen-bond donors (Lipinski definition) is 1. The van der Waals surface area contributed by atoms with E-state index in [2.05, 4.69) is 18.3 Å². The van der Waals surface area contributed by atoms with Gasteiger partial charge in [-0.1, -0.05) is 0 Å². The molecule has 1 aliphatic heterocycles. The first kappa shape index (κ1) is 12.5. The van der Waals surface area contributed by atoms with Crippen LogP contribution in [0.4, 0.5) is 0 Å². The van der Waals surface area contributed by atoms with Gasteiger partial charge in [0.05, 0.1) is 17.6 Å². The minimum atomic E-state index is -0.181. The van der Waals surface area contributed by atoms with E-state index in [-0.39, 0.29) is 5.41 Å². The maximum Gasteiger partial charge on any atom is 0.0700 e. The molecule has 3 nitrogen and oxygen atoms in total. The molecule has 0 aromatic carbocycles. The summed E-state index contributed by atoms with van der Waals surface area (Å²) in [5, 5.41) is 12.4. The molecule has 0 spiro atoms. The van der Waals surface area contributed by atoms with Crippen molar-refractivity contribution in [1.82, 2.24) is 5.32 Å². The van der Waals surface area contributed by atoms with Crippen LogP contribution in [0.2, 0.25) is 0 Å². The van der Waals surface area contributed by atoms with E-state index in [0.717, 1.165) is 32.4 Å². The van der Waals surface area contributed by atoms with Gasteiger partial charge in [0, 0.05) is 12.6 Å². The third-order valence-electron chi connectivity index (χ3n) is 3.06. The van der Waals surface area contributed by atoms with Crippen LogP contribution < -0.4 is 5.32 Å². The summed E-state index contributed by atoms with van der Waals surface area (Å²) < 4.78 is 5.47. The van der Waals surface area contributed by atoms with E-state index in [0.29, 0.717) is 12.1 Å². The standard InChI is InChI=1S/C12H22N2O/c1-10-11(5-8-15-10)14-7-4-6-12(2,3)9-13/h10-11,14H,4-8H2,1-3H3. The first-order chi connectivity index (χ1) is 7.05. The van der Waals surface area contributed by atoms with Gasteiger partial charge in [-0.2, -0.15) is 5.26 Å². The Labute approximate surface area is 92.8 Å². The molecule has 1 saturated heterocycles. The number of hydrogen-bond acceptors (Lipinski definition) is 3. The molecule has 1 aliphatic rings. The Bertz CT molecular complexity index is 232. The highest BCUT2D eigenvalue weighted by Gasteiger charge is 2.23. The molecule has 1 fully saturated rings. The third kappa shape index (κ3) is 4.19. The van der Waals surface area contributed by atoms with Crippen LogP contribution in [0.1, 0.15) is 40.0 Å². The Kier molecular flexibility index (Phi) is 4.56. The van der Waals surface area contributed by atoms with E-state index in [1.807, 2.05) is 13.8 Å². The Hall–Kier alpha value is -0.590. The van der Waals surface area contributed by atoms with Crippen LogP contribution in [0.3, 0.4) is 0 Å². The zero-order valence-corrected chi connectivity index (χ0v) is 10.0. The van der Waals surface area contributed by atoms with Gasteiger partial charge in [-0.05, 0) is 46.6 Å². The van der Waals surface area contributed by atoms with Gasteiger partial charge in [-0.3, -0.25) is 0 Å². The maximum atomic E-state index is 8.86. The number of nitrogens with one attached hydrogen (secondary N) is 1. The molecule has 1 heterocycles. The van der Waals surface area contributed by atoms with Crippen molar-refractivity contribution < 1.29 is 4.74 Å². The van der Waals surface area contributed by atoms with Gasteiger partial charge in [0.2, 0.25) is 0 Å². The molecular weight excluding hydrogens is 188 g/mol. The fourth-order valence-corrected chi connectivity index (χ4v) is 1.87. The van der Waals surface area contributed by atoms with E-state index in [1.54, 1.807) is 0 Å². The van der Waals surface area contributed by atoms with E-state index < -0.39 is 0 Å². The first-order valence-electron chi connectivity index (χ1n) is 5.81. The number of rotatable bonds is 5. The summed E-state index contributed by atoms with van der Waals surface area (Å²) in [6, 6.07) is 2.84. The second-order valence-electron chi connectivity index (χ2n) is 5.02. The van der Waals surface area contributed by atoms with Gasteiger partial charge in [0.1, 0.15) is 0 Å². The number of ether oxygens (including phenoxy) is 1. The topological polar surface area (TPSA) is 45.0 Å². The number of nitriles is 1. The predicted octanol–water partition coefficient (Wildman–Crippen LogP) is 2.08. The van der Waals surface area contributed by atoms with Crippen molar-refractivity contribution in [3.8, 4) is 6.07 Å². The van der Waals surface area contributed by atoms with E-state index in [9.17, 15) is 0 Å². The molecule has 1 N–H and O–H groups in total. The summed E-state index contributed by atoms with van der Waals surface area (Å²) in [5.74, 6) is 0. The lowest BCUT2D eigenvalue weighted by molar-refractivity contribution is 0.113. The third-order valence-corrected chi connectivity index (χ3v) is 3.06. The Morgan fingerprint density at radius 1 is 1.53 bits per heavy atom. The smallest absolute Gasteiger partial charge is 0.0700 e. The van der Waals surface area contributed by atoms with Crippen molar-refractivity contribution >= 4 is 0 Å². The molecule has 0 bridgehead atoms. The van der Waals surface area contributed by atoms with Crippen LogP contribution in [0.25, 0.3) is 0 Å². The van der Waals surface area contributed by atoms with Crippen molar-refractivity contribution in [1.29, 1.82) is 5.26 Å². The molecular formula is C12H22N2O. The minimum Gasteiger partial charge on any atom is -0.377 e. The average molecular weight is 210 g/mol. The fraction of sp³-hybridized carbons (Fsp3) is 0.917. The fourth-order valence-electron chi connectivity index (χ4n) is 1.87. The molecule has 2 unspecified atom stereocenters. The maximum absolute atomic E-state index is 8.86. The van der Waals surface area contributed by atoms with Crippen molar-refractivity contribution in [3.05, 3.63) is 0 Å². The summed E-state index contributed by atoms with van der Waals surface area (Å²) >= 11 is 0. The molecule has 2 atom stereocenters. The highest BCUT2D eigenvalue weighted by Crippen LogP contribution is 2.20. The van der Waals surface area contributed by atoms with Crippen LogP contribution >= 0.6 is 0 Å². The molecule has 0 radical (unpaired) electrons. The molecule has 0 aromatic rings. The molecule has 0 aliphatic carbocycles. The lowest BCUT2D eigenvalue weighted by atomic mass is 9.90. The SMILES string of the molecule is CC1OCCC1NCCCC(C)(C)C#N. The van der Waals surface area contributed by atoms with Gasteiger partial charge in [0.25, 0.3) is 0 Å². The second-order valence-corrected chi connectivity index (χ2v) is 5.02. The minimum absolute atomic E-state index is 0.181. The summed E-state index contributed by atoms with van der Waals surface area (Å²) in [4.78, 5) is 0. The first-order valence-corrected chi connectivity index (χ1v) is 5.81. The van der Waals surface area contributed by atoms with E-state index in [4.69, 9.17) is 10.00 Å². The summed E-state index contributed by atoms with van der Waals surface area (Å²) in [7, 11) is 0. The average Bonchev–Trinajstić information content (AvgIpc) is 2.59. The molecule has 86 valence electrons. The normalized spacial score (nSPS) is 26.5. The van der Waals surface area contributed by atoms with Crippen LogP contribution in [0.5, 0.6) is 0 Å². The van der Waals surface area contributed by atoms with Crippen LogP contribution in [-0.2, 0) is 4.74 Å². The summed E-state index contributed by atoms with van der Waals surface area (Å²) in [6.45, 7) is 7.97. The van der Waals surface area contributed by atoms with Gasteiger partial charge in [-0.15, -0.1) is 0 Å². The van der Waals surface area contributed by atoms with Gasteiger partial charge in [0.15, 0.2) is 0 Å². The van der Waals surface area contributed by atoms with Crippen molar-refractivity contribution in [2.45, 2.75) is 52.2 Å². The number of nitrogens with zero attached hydrogens (tertiary/aromatic N) is 1. The molecule has 0 amide bonds. The van der Waals surface area contributed by atoms with Gasteiger partial charge < -0.3 is 10.1 Å². The molecule has 15 heavy (non-hydrogen) atoms. The molecule has 3 heteroatoms. The van der Waals surface area contributed by atoms with Gasteiger partial charge in [-0.25, -0.2) is 0 Å². The highest BCUT2D eigenvalue weighted by molar-refractivity contribution is 4.91. The molecule has 0 aromatic heterocycles. The Morgan fingerprint density at radius 2 is 2.27 bits per heavy atom. The van der Waals surface area contributed by atoms with Crippen LogP contribution in [-0.4, -0.2) is 25.3 Å².